The van der Waals surface area contributed by atoms with Crippen molar-refractivity contribution in [2.45, 2.75) is 25.6 Å². The lowest BCUT2D eigenvalue weighted by Gasteiger charge is -2.46. The first kappa shape index (κ1) is 18.0. The number of nitrogens with two attached hydrogens (primary N) is 2. The van der Waals surface area contributed by atoms with E-state index in [9.17, 15) is 0 Å². The van der Waals surface area contributed by atoms with Crippen molar-refractivity contribution < 1.29 is 14.2 Å². The fourth-order valence-electron chi connectivity index (χ4n) is 2.77. The Hall–Kier alpha value is -0.820. The monoisotopic (exact) mass is 556 g/mol. The molecule has 0 bridgehead atoms. The Morgan fingerprint density at radius 2 is 2.08 bits per heavy atom. The Bertz CT molecular complexity index is 723. The highest BCUT2D eigenvalue weighted by Crippen LogP contribution is 2.47. The number of nitrogen functional groups attached to an aromatic ring is 2. The number of ether oxygens (including phenoxy) is 3. The summed E-state index contributed by atoms with van der Waals surface area (Å²) in [6, 6.07) is 0. The minimum Gasteiger partial charge on any atom is -0.491 e. The molecule has 4 N–H and O–H groups in total. The van der Waals surface area contributed by atoms with Gasteiger partial charge in [0.2, 0.25) is 5.95 Å². The van der Waals surface area contributed by atoms with Gasteiger partial charge in [-0.3, -0.25) is 0 Å². The molecule has 1 saturated heterocycles. The van der Waals surface area contributed by atoms with Gasteiger partial charge in [-0.05, 0) is 57.2 Å². The molecule has 2 unspecified atom stereocenters. The van der Waals surface area contributed by atoms with Crippen molar-refractivity contribution >= 4 is 56.9 Å². The number of rotatable bonds is 3. The quantitative estimate of drug-likeness (QED) is 0.552. The number of hydrogen-bond acceptors (Lipinski definition) is 7. The van der Waals surface area contributed by atoms with E-state index in [2.05, 4.69) is 75.1 Å². The molecule has 1 fully saturated rings. The molecule has 0 amide bonds. The van der Waals surface area contributed by atoms with Gasteiger partial charge >= 0.3 is 0 Å². The van der Waals surface area contributed by atoms with Crippen LogP contribution in [0.5, 0.6) is 5.75 Å². The molecule has 24 heavy (non-hydrogen) atoms. The maximum Gasteiger partial charge on any atom is 0.222 e. The molecule has 2 heterocycles. The second kappa shape index (κ2) is 6.83. The van der Waals surface area contributed by atoms with E-state index < -0.39 is 5.60 Å². The van der Waals surface area contributed by atoms with Crippen molar-refractivity contribution in [3.63, 3.8) is 0 Å². The molecule has 3 rings (SSSR count). The minimum absolute atomic E-state index is 0.0884. The maximum absolute atomic E-state index is 6.35. The molecule has 7 nitrogen and oxygen atoms in total. The first-order valence-corrected chi connectivity index (χ1v) is 9.60. The van der Waals surface area contributed by atoms with Crippen molar-refractivity contribution in [2.24, 2.45) is 5.92 Å². The predicted octanol–water partition coefficient (Wildman–Crippen LogP) is 2.81. The van der Waals surface area contributed by atoms with Gasteiger partial charge in [-0.15, -0.1) is 0 Å². The Kier molecular flexibility index (Phi) is 5.12. The average Bonchev–Trinajstić information content (AvgIpc) is 2.54. The molecule has 1 aromatic heterocycles. The molecule has 1 aliphatic carbocycles. The molecule has 1 aromatic rings. The predicted molar refractivity (Wildman–Crippen MR) is 108 cm³/mol. The Balaban J connectivity index is 2.08. The Labute approximate surface area is 167 Å². The Morgan fingerprint density at radius 3 is 2.75 bits per heavy atom. The lowest BCUT2D eigenvalue weighted by Crippen LogP contribution is -2.56. The van der Waals surface area contributed by atoms with Crippen molar-refractivity contribution in [1.29, 1.82) is 0 Å². The van der Waals surface area contributed by atoms with Crippen LogP contribution in [0.2, 0.25) is 0 Å². The summed E-state index contributed by atoms with van der Waals surface area (Å²) in [7, 11) is 0. The number of aromatic nitrogens is 2. The Morgan fingerprint density at radius 1 is 1.33 bits per heavy atom. The smallest absolute Gasteiger partial charge is 0.222 e. The second-order valence-corrected chi connectivity index (χ2v) is 8.10. The first-order chi connectivity index (χ1) is 11.3. The van der Waals surface area contributed by atoms with Crippen LogP contribution >= 0.6 is 45.2 Å². The first-order valence-electron chi connectivity index (χ1n) is 7.45. The van der Waals surface area contributed by atoms with Crippen LogP contribution < -0.4 is 16.2 Å². The van der Waals surface area contributed by atoms with Gasteiger partial charge < -0.3 is 25.7 Å². The van der Waals surface area contributed by atoms with Gasteiger partial charge in [-0.2, -0.15) is 4.98 Å². The van der Waals surface area contributed by atoms with Gasteiger partial charge in [0.25, 0.3) is 0 Å². The fourth-order valence-corrected chi connectivity index (χ4v) is 4.12. The highest BCUT2D eigenvalue weighted by Gasteiger charge is 2.51. The molecule has 2 atom stereocenters. The lowest BCUT2D eigenvalue weighted by atomic mass is 9.80. The number of nitrogens with zero attached hydrogens (tertiary/aromatic N) is 2. The summed E-state index contributed by atoms with van der Waals surface area (Å²) in [6.45, 7) is 5.18. The molecular formula is C15H18I2N4O3. The van der Waals surface area contributed by atoms with Gasteiger partial charge in [-0.1, -0.05) is 13.8 Å². The fraction of sp³-hybridized carbons (Fsp3) is 0.467. The number of halogens is 2. The molecule has 9 heteroatoms. The standard InChI is InChI=1S/C15H18I2N4O3/c1-7(2)15(24-9-6-20-14(19)21-13(9)18)5-8(16)10(17)11-12(15)23-4-3-22-11/h5-7,12H,3-4H2,1-2H3,(H4,18,19,20,21). The zero-order valence-corrected chi connectivity index (χ0v) is 17.6. The van der Waals surface area contributed by atoms with E-state index >= 15 is 0 Å². The molecular weight excluding hydrogens is 538 g/mol. The summed E-state index contributed by atoms with van der Waals surface area (Å²) in [5.74, 6) is 1.58. The van der Waals surface area contributed by atoms with Crippen LogP contribution in [0.25, 0.3) is 0 Å². The van der Waals surface area contributed by atoms with Crippen molar-refractivity contribution in [2.75, 3.05) is 24.7 Å². The minimum atomic E-state index is -0.769. The summed E-state index contributed by atoms with van der Waals surface area (Å²) in [4.78, 5) is 7.97. The third-order valence-electron chi connectivity index (χ3n) is 4.04. The third-order valence-corrected chi connectivity index (χ3v) is 7.04. The molecule has 2 aliphatic rings. The SMILES string of the molecule is CC(C)C1(Oc2cnc(N)nc2N)C=C(I)C(I)=C2OCCOC21. The molecule has 0 aromatic carbocycles. The number of hydrogen-bond donors (Lipinski definition) is 2. The van der Waals surface area contributed by atoms with Gasteiger partial charge in [0.15, 0.2) is 23.3 Å². The van der Waals surface area contributed by atoms with E-state index in [1.807, 2.05) is 0 Å². The number of allylic oxidation sites excluding steroid dienone is 2. The maximum atomic E-state index is 6.35. The number of fused-ring (bicyclic) bond motifs is 1. The number of anilines is 2. The van der Waals surface area contributed by atoms with Crippen LogP contribution in [0.3, 0.4) is 0 Å². The van der Waals surface area contributed by atoms with Crippen molar-refractivity contribution in [3.8, 4) is 5.75 Å². The lowest BCUT2D eigenvalue weighted by molar-refractivity contribution is -0.130. The van der Waals surface area contributed by atoms with E-state index in [0.717, 1.165) is 12.9 Å². The highest BCUT2D eigenvalue weighted by molar-refractivity contribution is 14.1. The zero-order chi connectivity index (χ0) is 17.5. The summed E-state index contributed by atoms with van der Waals surface area (Å²) < 4.78 is 20.4. The second-order valence-electron chi connectivity index (χ2n) is 5.86. The highest BCUT2D eigenvalue weighted by atomic mass is 127. The summed E-state index contributed by atoms with van der Waals surface area (Å²) >= 11 is 4.56. The van der Waals surface area contributed by atoms with Gasteiger partial charge in [0, 0.05) is 3.58 Å². The van der Waals surface area contributed by atoms with E-state index in [1.54, 1.807) is 0 Å². The molecule has 130 valence electrons. The summed E-state index contributed by atoms with van der Waals surface area (Å²) in [5, 5.41) is 0. The molecule has 0 saturated carbocycles. The topological polar surface area (TPSA) is 106 Å². The van der Waals surface area contributed by atoms with Crippen LogP contribution in [0.15, 0.2) is 25.2 Å². The van der Waals surface area contributed by atoms with Crippen LogP contribution in [0.1, 0.15) is 13.8 Å². The molecule has 0 spiro atoms. The van der Waals surface area contributed by atoms with E-state index in [4.69, 9.17) is 25.7 Å². The summed E-state index contributed by atoms with van der Waals surface area (Å²) in [6.07, 6.45) is 3.21. The van der Waals surface area contributed by atoms with E-state index in [-0.39, 0.29) is 23.8 Å². The molecule has 0 radical (unpaired) electrons. The molecule has 1 aliphatic heterocycles. The van der Waals surface area contributed by atoms with E-state index in [1.165, 1.54) is 6.20 Å². The third kappa shape index (κ3) is 3.05. The van der Waals surface area contributed by atoms with Crippen molar-refractivity contribution in [1.82, 2.24) is 9.97 Å². The van der Waals surface area contributed by atoms with Crippen LogP contribution in [0.4, 0.5) is 11.8 Å². The van der Waals surface area contributed by atoms with Crippen LogP contribution in [-0.4, -0.2) is 34.9 Å². The van der Waals surface area contributed by atoms with Crippen molar-refractivity contribution in [3.05, 3.63) is 25.2 Å². The van der Waals surface area contributed by atoms with E-state index in [0.29, 0.717) is 19.0 Å². The van der Waals surface area contributed by atoms with Crippen LogP contribution in [0, 0.1) is 5.92 Å². The summed E-state index contributed by atoms with van der Waals surface area (Å²) in [5.41, 5.74) is 10.8. The van der Waals surface area contributed by atoms with Crippen LogP contribution in [-0.2, 0) is 9.47 Å². The average molecular weight is 556 g/mol. The largest absolute Gasteiger partial charge is 0.491 e. The normalized spacial score (nSPS) is 26.7. The zero-order valence-electron chi connectivity index (χ0n) is 13.3. The van der Waals surface area contributed by atoms with Gasteiger partial charge in [-0.25, -0.2) is 4.98 Å². The van der Waals surface area contributed by atoms with Gasteiger partial charge in [0.1, 0.15) is 12.4 Å². The van der Waals surface area contributed by atoms with Gasteiger partial charge in [0.05, 0.1) is 16.4 Å².